The molecule has 1 fully saturated rings. The highest BCUT2D eigenvalue weighted by atomic mass is 32.2. The number of pyridine rings is 1. The molecular weight excluding hydrogens is 310 g/mol. The summed E-state index contributed by atoms with van der Waals surface area (Å²) in [5, 5.41) is 10.6. The van der Waals surface area contributed by atoms with Crippen LogP contribution in [-0.2, 0) is 4.79 Å². The van der Waals surface area contributed by atoms with E-state index in [-0.39, 0.29) is 11.9 Å². The van der Waals surface area contributed by atoms with Crippen LogP contribution in [0.5, 0.6) is 0 Å². The Balaban J connectivity index is 1.62. The lowest BCUT2D eigenvalue weighted by atomic mass is 9.95. The quantitative estimate of drug-likeness (QED) is 0.795. The Bertz CT molecular complexity index is 639. The number of amides is 1. The predicted molar refractivity (Wildman–Crippen MR) is 88.9 cm³/mol. The molecule has 1 aliphatic rings. The zero-order valence-electron chi connectivity index (χ0n) is 13.2. The van der Waals surface area contributed by atoms with Crippen molar-refractivity contribution in [3.8, 4) is 0 Å². The number of rotatable bonds is 6. The van der Waals surface area contributed by atoms with Crippen LogP contribution in [0, 0.1) is 12.8 Å². The molecule has 0 spiro atoms. The number of carbonyl (C=O) groups is 1. The number of nitrogens with one attached hydrogen (secondary N) is 2. The lowest BCUT2D eigenvalue weighted by molar-refractivity contribution is -0.119. The first-order chi connectivity index (χ1) is 11.2. The molecule has 1 unspecified atom stereocenters. The number of hydrogen-bond donors (Lipinski definition) is 2. The molecule has 1 atom stereocenters. The zero-order chi connectivity index (χ0) is 16.1. The van der Waals surface area contributed by atoms with Gasteiger partial charge in [-0.25, -0.2) is 4.98 Å². The topological polar surface area (TPSA) is 83.6 Å². The van der Waals surface area contributed by atoms with Crippen molar-refractivity contribution >= 4 is 17.7 Å². The third-order valence-electron chi connectivity index (χ3n) is 4.10. The summed E-state index contributed by atoms with van der Waals surface area (Å²) in [4.78, 5) is 21.0. The molecule has 0 bridgehead atoms. The van der Waals surface area contributed by atoms with Crippen LogP contribution < -0.4 is 5.32 Å². The van der Waals surface area contributed by atoms with E-state index in [4.69, 9.17) is 0 Å². The van der Waals surface area contributed by atoms with Gasteiger partial charge in [0.25, 0.3) is 0 Å². The Morgan fingerprint density at radius 3 is 2.91 bits per heavy atom. The van der Waals surface area contributed by atoms with Gasteiger partial charge in [0, 0.05) is 6.20 Å². The third-order valence-corrected chi connectivity index (χ3v) is 4.95. The van der Waals surface area contributed by atoms with E-state index in [0.717, 1.165) is 24.4 Å². The molecule has 2 N–H and O–H groups in total. The van der Waals surface area contributed by atoms with E-state index in [1.54, 1.807) is 6.20 Å². The minimum Gasteiger partial charge on any atom is -0.347 e. The van der Waals surface area contributed by atoms with E-state index >= 15 is 0 Å². The lowest BCUT2D eigenvalue weighted by Crippen LogP contribution is -2.34. The third kappa shape index (κ3) is 4.31. The van der Waals surface area contributed by atoms with Gasteiger partial charge in [0.2, 0.25) is 11.1 Å². The molecule has 0 radical (unpaired) electrons. The molecule has 23 heavy (non-hydrogen) atoms. The summed E-state index contributed by atoms with van der Waals surface area (Å²) >= 11 is 1.34. The van der Waals surface area contributed by atoms with Crippen molar-refractivity contribution in [1.29, 1.82) is 0 Å². The average molecular weight is 331 g/mol. The van der Waals surface area contributed by atoms with Crippen LogP contribution in [0.2, 0.25) is 0 Å². The smallest absolute Gasteiger partial charge is 0.231 e. The molecule has 0 aromatic carbocycles. The molecule has 2 aromatic heterocycles. The van der Waals surface area contributed by atoms with Crippen molar-refractivity contribution in [1.82, 2.24) is 25.5 Å². The van der Waals surface area contributed by atoms with Crippen LogP contribution in [-0.4, -0.2) is 31.8 Å². The van der Waals surface area contributed by atoms with Gasteiger partial charge in [-0.1, -0.05) is 30.7 Å². The van der Waals surface area contributed by atoms with Crippen LogP contribution >= 0.6 is 11.8 Å². The maximum atomic E-state index is 12.3. The Morgan fingerprint density at radius 1 is 1.43 bits per heavy atom. The number of carbonyl (C=O) groups excluding carboxylic acids is 1. The van der Waals surface area contributed by atoms with Gasteiger partial charge in [-0.15, -0.1) is 5.10 Å². The van der Waals surface area contributed by atoms with Gasteiger partial charge in [-0.2, -0.15) is 0 Å². The Hall–Kier alpha value is -1.89. The van der Waals surface area contributed by atoms with Crippen LogP contribution in [0.25, 0.3) is 0 Å². The Kier molecular flexibility index (Phi) is 5.27. The van der Waals surface area contributed by atoms with Gasteiger partial charge in [-0.05, 0) is 37.8 Å². The number of aryl methyl sites for hydroxylation is 1. The molecule has 0 aliphatic heterocycles. The number of H-pyrrole nitrogens is 1. The predicted octanol–water partition coefficient (Wildman–Crippen LogP) is 2.65. The average Bonchev–Trinajstić information content (AvgIpc) is 3.23. The molecule has 3 rings (SSSR count). The van der Waals surface area contributed by atoms with E-state index < -0.39 is 0 Å². The van der Waals surface area contributed by atoms with E-state index in [9.17, 15) is 4.79 Å². The van der Waals surface area contributed by atoms with Crippen molar-refractivity contribution < 1.29 is 4.79 Å². The van der Waals surface area contributed by atoms with Crippen molar-refractivity contribution in [2.75, 3.05) is 5.75 Å². The van der Waals surface area contributed by atoms with E-state index in [1.807, 2.05) is 25.1 Å². The summed E-state index contributed by atoms with van der Waals surface area (Å²) in [5.41, 5.74) is 0.950. The number of hydrogen-bond acceptors (Lipinski definition) is 5. The Morgan fingerprint density at radius 2 is 2.26 bits per heavy atom. The summed E-state index contributed by atoms with van der Waals surface area (Å²) in [5.74, 6) is 1.54. The molecule has 0 saturated heterocycles. The molecule has 122 valence electrons. The molecule has 6 nitrogen and oxygen atoms in total. The fourth-order valence-electron chi connectivity index (χ4n) is 3.02. The first-order valence-corrected chi connectivity index (χ1v) is 8.93. The zero-order valence-corrected chi connectivity index (χ0v) is 14.0. The number of aromatic nitrogens is 4. The number of nitrogens with zero attached hydrogens (tertiary/aromatic N) is 3. The van der Waals surface area contributed by atoms with Crippen molar-refractivity contribution in [2.24, 2.45) is 5.92 Å². The second-order valence-corrected chi connectivity index (χ2v) is 6.78. The number of aromatic amines is 1. The standard InChI is InChI=1S/C16H21N5OS/c1-11-18-16(21-20-11)23-10-14(22)19-15(12-6-2-3-7-12)13-8-4-5-9-17-13/h4-5,8-9,12,15H,2-3,6-7,10H2,1H3,(H,19,22)(H,18,20,21). The van der Waals surface area contributed by atoms with Crippen LogP contribution in [0.1, 0.15) is 43.2 Å². The van der Waals surface area contributed by atoms with Crippen LogP contribution in [0.3, 0.4) is 0 Å². The van der Waals surface area contributed by atoms with Crippen molar-refractivity contribution in [3.05, 3.63) is 35.9 Å². The Labute approximate surface area is 139 Å². The highest BCUT2D eigenvalue weighted by molar-refractivity contribution is 7.99. The SMILES string of the molecule is Cc1nc(SCC(=O)NC(c2ccccn2)C2CCCC2)n[nH]1. The summed E-state index contributed by atoms with van der Waals surface area (Å²) in [6, 6.07) is 5.87. The largest absolute Gasteiger partial charge is 0.347 e. The van der Waals surface area contributed by atoms with Gasteiger partial charge in [0.15, 0.2) is 0 Å². The minimum absolute atomic E-state index is 0.00000567. The summed E-state index contributed by atoms with van der Waals surface area (Å²) < 4.78 is 0. The normalized spacial score (nSPS) is 16.4. The fraction of sp³-hybridized carbons (Fsp3) is 0.500. The van der Waals surface area contributed by atoms with Gasteiger partial charge in [-0.3, -0.25) is 14.9 Å². The summed E-state index contributed by atoms with van der Waals surface area (Å²) in [6.07, 6.45) is 6.54. The highest BCUT2D eigenvalue weighted by Gasteiger charge is 2.28. The molecule has 1 amide bonds. The second-order valence-electron chi connectivity index (χ2n) is 5.84. The van der Waals surface area contributed by atoms with E-state index in [2.05, 4.69) is 25.5 Å². The number of thioether (sulfide) groups is 1. The van der Waals surface area contributed by atoms with E-state index in [0.29, 0.717) is 16.8 Å². The lowest BCUT2D eigenvalue weighted by Gasteiger charge is -2.24. The first-order valence-electron chi connectivity index (χ1n) is 7.94. The van der Waals surface area contributed by atoms with Crippen molar-refractivity contribution in [3.63, 3.8) is 0 Å². The molecular formula is C16H21N5OS. The molecule has 2 aromatic rings. The van der Waals surface area contributed by atoms with Gasteiger partial charge < -0.3 is 5.32 Å². The van der Waals surface area contributed by atoms with Crippen LogP contribution in [0.4, 0.5) is 0 Å². The maximum Gasteiger partial charge on any atom is 0.231 e. The maximum absolute atomic E-state index is 12.3. The van der Waals surface area contributed by atoms with Crippen molar-refractivity contribution in [2.45, 2.75) is 43.8 Å². The fourth-order valence-corrected chi connectivity index (χ4v) is 3.67. The summed E-state index contributed by atoms with van der Waals surface area (Å²) in [7, 11) is 0. The van der Waals surface area contributed by atoms with Gasteiger partial charge in [0.1, 0.15) is 5.82 Å². The van der Waals surface area contributed by atoms with Crippen LogP contribution in [0.15, 0.2) is 29.6 Å². The monoisotopic (exact) mass is 331 g/mol. The highest BCUT2D eigenvalue weighted by Crippen LogP contribution is 2.35. The molecule has 2 heterocycles. The van der Waals surface area contributed by atoms with Gasteiger partial charge >= 0.3 is 0 Å². The van der Waals surface area contributed by atoms with E-state index in [1.165, 1.54) is 24.6 Å². The molecule has 1 saturated carbocycles. The molecule has 7 heteroatoms. The first kappa shape index (κ1) is 16.0. The second kappa shape index (κ2) is 7.59. The molecule has 1 aliphatic carbocycles. The summed E-state index contributed by atoms with van der Waals surface area (Å²) in [6.45, 7) is 1.84. The minimum atomic E-state index is 0.00000567. The van der Waals surface area contributed by atoms with Gasteiger partial charge in [0.05, 0.1) is 17.5 Å².